The summed E-state index contributed by atoms with van der Waals surface area (Å²) in [4.78, 5) is 20.7. The summed E-state index contributed by atoms with van der Waals surface area (Å²) in [7, 11) is 0. The maximum Gasteiger partial charge on any atom is 0.222 e. The Bertz CT molecular complexity index is 461. The van der Waals surface area contributed by atoms with Gasteiger partial charge >= 0.3 is 0 Å². The van der Waals surface area contributed by atoms with Gasteiger partial charge in [-0.3, -0.25) is 4.79 Å². The van der Waals surface area contributed by atoms with Crippen molar-refractivity contribution in [1.82, 2.24) is 9.88 Å². The number of nitrogens with two attached hydrogens (primary N) is 1. The third-order valence-electron chi connectivity index (χ3n) is 4.42. The molecule has 1 aromatic heterocycles. The molecular formula is C15H22N4O. The Morgan fingerprint density at radius 3 is 2.55 bits per heavy atom. The first-order chi connectivity index (χ1) is 9.72. The zero-order valence-electron chi connectivity index (χ0n) is 11.8. The summed E-state index contributed by atoms with van der Waals surface area (Å²) >= 11 is 0. The molecule has 20 heavy (non-hydrogen) atoms. The van der Waals surface area contributed by atoms with Crippen LogP contribution >= 0.6 is 0 Å². The summed E-state index contributed by atoms with van der Waals surface area (Å²) in [5.41, 5.74) is 6.33. The number of aromatic nitrogens is 1. The van der Waals surface area contributed by atoms with E-state index >= 15 is 0 Å². The molecular weight excluding hydrogens is 252 g/mol. The predicted octanol–water partition coefficient (Wildman–Crippen LogP) is 1.50. The number of piperazine rings is 1. The fourth-order valence-corrected chi connectivity index (χ4v) is 2.84. The van der Waals surface area contributed by atoms with Crippen LogP contribution in [0.5, 0.6) is 0 Å². The molecule has 0 bridgehead atoms. The van der Waals surface area contributed by atoms with E-state index in [1.165, 1.54) is 19.3 Å². The smallest absolute Gasteiger partial charge is 0.222 e. The number of amides is 1. The first-order valence-electron chi connectivity index (χ1n) is 7.46. The molecule has 1 saturated heterocycles. The molecule has 108 valence electrons. The lowest BCUT2D eigenvalue weighted by molar-refractivity contribution is -0.133. The highest BCUT2D eigenvalue weighted by Crippen LogP contribution is 2.30. The number of pyridine rings is 1. The summed E-state index contributed by atoms with van der Waals surface area (Å²) in [6.45, 7) is 3.32. The van der Waals surface area contributed by atoms with Gasteiger partial charge in [-0.2, -0.15) is 0 Å². The van der Waals surface area contributed by atoms with Crippen molar-refractivity contribution in [1.29, 1.82) is 0 Å². The van der Waals surface area contributed by atoms with Crippen LogP contribution < -0.4 is 10.6 Å². The van der Waals surface area contributed by atoms with E-state index in [9.17, 15) is 4.79 Å². The Balaban J connectivity index is 1.51. The molecule has 1 aromatic rings. The number of hydrogen-bond donors (Lipinski definition) is 1. The van der Waals surface area contributed by atoms with Crippen LogP contribution in [0, 0.1) is 5.92 Å². The average Bonchev–Trinajstić information content (AvgIpc) is 2.44. The quantitative estimate of drug-likeness (QED) is 0.907. The summed E-state index contributed by atoms with van der Waals surface area (Å²) in [5, 5.41) is 0. The maximum atomic E-state index is 12.2. The maximum absolute atomic E-state index is 12.2. The minimum atomic E-state index is 0.333. The number of nitrogen functional groups attached to an aromatic ring is 1. The van der Waals surface area contributed by atoms with E-state index in [0.717, 1.165) is 38.4 Å². The van der Waals surface area contributed by atoms with Crippen molar-refractivity contribution < 1.29 is 4.79 Å². The number of rotatable bonds is 3. The standard InChI is InChI=1S/C15H22N4O/c16-13-4-5-14(17-11-13)18-6-8-19(9-7-18)15(20)10-12-2-1-3-12/h4-5,11-12H,1-3,6-10,16H2. The fourth-order valence-electron chi connectivity index (χ4n) is 2.84. The van der Waals surface area contributed by atoms with Crippen molar-refractivity contribution in [3.05, 3.63) is 18.3 Å². The molecule has 2 heterocycles. The second-order valence-electron chi connectivity index (χ2n) is 5.82. The molecule has 0 atom stereocenters. The molecule has 0 unspecified atom stereocenters. The van der Waals surface area contributed by atoms with Gasteiger partial charge in [0.15, 0.2) is 0 Å². The van der Waals surface area contributed by atoms with Crippen LogP contribution in [0.15, 0.2) is 18.3 Å². The van der Waals surface area contributed by atoms with Crippen molar-refractivity contribution in [2.24, 2.45) is 5.92 Å². The fraction of sp³-hybridized carbons (Fsp3) is 0.600. The van der Waals surface area contributed by atoms with Gasteiger partial charge in [-0.1, -0.05) is 6.42 Å². The minimum absolute atomic E-state index is 0.333. The van der Waals surface area contributed by atoms with Gasteiger partial charge in [-0.25, -0.2) is 4.98 Å². The number of carbonyl (C=O) groups is 1. The van der Waals surface area contributed by atoms with E-state index in [1.807, 2.05) is 17.0 Å². The Labute approximate surface area is 119 Å². The summed E-state index contributed by atoms with van der Waals surface area (Å²) < 4.78 is 0. The van der Waals surface area contributed by atoms with Gasteiger partial charge in [0.05, 0.1) is 11.9 Å². The zero-order valence-corrected chi connectivity index (χ0v) is 11.8. The molecule has 0 aromatic carbocycles. The lowest BCUT2D eigenvalue weighted by atomic mass is 9.82. The van der Waals surface area contributed by atoms with Crippen LogP contribution in [0.25, 0.3) is 0 Å². The average molecular weight is 274 g/mol. The molecule has 1 saturated carbocycles. The number of carbonyl (C=O) groups excluding carboxylic acids is 1. The Hall–Kier alpha value is -1.78. The van der Waals surface area contributed by atoms with Crippen LogP contribution in [0.1, 0.15) is 25.7 Å². The van der Waals surface area contributed by atoms with Crippen molar-refractivity contribution >= 4 is 17.4 Å². The number of hydrogen-bond acceptors (Lipinski definition) is 4. The van der Waals surface area contributed by atoms with Crippen LogP contribution in [-0.4, -0.2) is 42.0 Å². The van der Waals surface area contributed by atoms with E-state index in [1.54, 1.807) is 6.20 Å². The highest BCUT2D eigenvalue weighted by molar-refractivity contribution is 5.76. The van der Waals surface area contributed by atoms with Crippen molar-refractivity contribution in [3.8, 4) is 0 Å². The van der Waals surface area contributed by atoms with Gasteiger partial charge in [0, 0.05) is 32.6 Å². The minimum Gasteiger partial charge on any atom is -0.397 e. The van der Waals surface area contributed by atoms with E-state index in [-0.39, 0.29) is 0 Å². The molecule has 5 heteroatoms. The van der Waals surface area contributed by atoms with Crippen molar-refractivity contribution in [2.45, 2.75) is 25.7 Å². The van der Waals surface area contributed by atoms with Gasteiger partial charge in [-0.05, 0) is 30.9 Å². The molecule has 2 aliphatic rings. The Morgan fingerprint density at radius 2 is 2.00 bits per heavy atom. The SMILES string of the molecule is Nc1ccc(N2CCN(C(=O)CC3CCC3)CC2)nc1. The lowest BCUT2D eigenvalue weighted by Crippen LogP contribution is -2.49. The van der Waals surface area contributed by atoms with Gasteiger partial charge in [0.1, 0.15) is 5.82 Å². The molecule has 2 N–H and O–H groups in total. The molecule has 2 fully saturated rings. The summed E-state index contributed by atoms with van der Waals surface area (Å²) in [5.74, 6) is 1.93. The first kappa shape index (κ1) is 13.2. The predicted molar refractivity (Wildman–Crippen MR) is 79.4 cm³/mol. The monoisotopic (exact) mass is 274 g/mol. The van der Waals surface area contributed by atoms with E-state index in [0.29, 0.717) is 17.5 Å². The van der Waals surface area contributed by atoms with Crippen LogP contribution in [0.3, 0.4) is 0 Å². The lowest BCUT2D eigenvalue weighted by Gasteiger charge is -2.36. The second kappa shape index (κ2) is 5.69. The largest absolute Gasteiger partial charge is 0.397 e. The highest BCUT2D eigenvalue weighted by Gasteiger charge is 2.26. The third kappa shape index (κ3) is 2.86. The molecule has 1 aliphatic heterocycles. The molecule has 0 spiro atoms. The number of nitrogens with zero attached hydrogens (tertiary/aromatic N) is 3. The molecule has 0 radical (unpaired) electrons. The van der Waals surface area contributed by atoms with Crippen LogP contribution in [0.2, 0.25) is 0 Å². The molecule has 3 rings (SSSR count). The number of anilines is 2. The van der Waals surface area contributed by atoms with Gasteiger partial charge in [0.2, 0.25) is 5.91 Å². The topological polar surface area (TPSA) is 62.5 Å². The van der Waals surface area contributed by atoms with E-state index < -0.39 is 0 Å². The first-order valence-corrected chi connectivity index (χ1v) is 7.46. The molecule has 5 nitrogen and oxygen atoms in total. The van der Waals surface area contributed by atoms with Crippen molar-refractivity contribution in [2.75, 3.05) is 36.8 Å². The zero-order chi connectivity index (χ0) is 13.9. The Morgan fingerprint density at radius 1 is 1.25 bits per heavy atom. The van der Waals surface area contributed by atoms with Gasteiger partial charge < -0.3 is 15.5 Å². The molecule has 1 aliphatic carbocycles. The highest BCUT2D eigenvalue weighted by atomic mass is 16.2. The van der Waals surface area contributed by atoms with Crippen LogP contribution in [0.4, 0.5) is 11.5 Å². The van der Waals surface area contributed by atoms with Crippen molar-refractivity contribution in [3.63, 3.8) is 0 Å². The second-order valence-corrected chi connectivity index (χ2v) is 5.82. The summed E-state index contributed by atoms with van der Waals surface area (Å²) in [6.07, 6.45) is 6.21. The third-order valence-corrected chi connectivity index (χ3v) is 4.42. The van der Waals surface area contributed by atoms with Gasteiger partial charge in [-0.15, -0.1) is 0 Å². The molecule has 1 amide bonds. The van der Waals surface area contributed by atoms with Gasteiger partial charge in [0.25, 0.3) is 0 Å². The Kier molecular flexibility index (Phi) is 3.76. The summed E-state index contributed by atoms with van der Waals surface area (Å²) in [6, 6.07) is 3.82. The van der Waals surface area contributed by atoms with E-state index in [2.05, 4.69) is 9.88 Å². The normalized spacial score (nSPS) is 19.8. The van der Waals surface area contributed by atoms with Crippen LogP contribution in [-0.2, 0) is 4.79 Å². The van der Waals surface area contributed by atoms with E-state index in [4.69, 9.17) is 5.73 Å².